The molecule has 3 aromatic heterocycles. The summed E-state index contributed by atoms with van der Waals surface area (Å²) in [7, 11) is 1.60. The van der Waals surface area contributed by atoms with Crippen molar-refractivity contribution >= 4 is 34.5 Å². The second kappa shape index (κ2) is 9.48. The Morgan fingerprint density at radius 2 is 1.92 bits per heavy atom. The summed E-state index contributed by atoms with van der Waals surface area (Å²) in [5, 5.41) is 11.8. The van der Waals surface area contributed by atoms with Gasteiger partial charge in [0.15, 0.2) is 0 Å². The minimum absolute atomic E-state index is 0.575. The summed E-state index contributed by atoms with van der Waals surface area (Å²) in [4.78, 5) is 16.8. The van der Waals surface area contributed by atoms with E-state index in [-0.39, 0.29) is 0 Å². The third-order valence-corrected chi connectivity index (χ3v) is 5.21. The maximum Gasteiger partial charge on any atom is 0.213 e. The molecule has 0 amide bonds. The van der Waals surface area contributed by atoms with Crippen molar-refractivity contribution in [2.75, 3.05) is 26.9 Å². The Labute approximate surface area is 160 Å². The molecule has 26 heavy (non-hydrogen) atoms. The molecule has 136 valence electrons. The molecule has 1 aliphatic rings. The number of aromatic nitrogens is 3. The number of pyridine rings is 1. The van der Waals surface area contributed by atoms with E-state index in [1.165, 1.54) is 30.8 Å². The van der Waals surface area contributed by atoms with Gasteiger partial charge in [-0.25, -0.2) is 19.9 Å². The third kappa shape index (κ3) is 4.92. The van der Waals surface area contributed by atoms with Crippen LogP contribution < -0.4 is 15.4 Å². The predicted molar refractivity (Wildman–Crippen MR) is 108 cm³/mol. The first kappa shape index (κ1) is 18.6. The Kier molecular flexibility index (Phi) is 6.78. The van der Waals surface area contributed by atoms with Crippen LogP contribution in [0.3, 0.4) is 0 Å². The number of ether oxygens (including phenoxy) is 1. The molecule has 0 aliphatic carbocycles. The summed E-state index contributed by atoms with van der Waals surface area (Å²) in [6.45, 7) is 6.84. The molecule has 3 aromatic rings. The van der Waals surface area contributed by atoms with Crippen molar-refractivity contribution in [3.05, 3.63) is 29.1 Å². The van der Waals surface area contributed by atoms with Gasteiger partial charge in [-0.3, -0.25) is 0 Å². The first-order valence-corrected chi connectivity index (χ1v) is 9.86. The van der Waals surface area contributed by atoms with Crippen molar-refractivity contribution in [1.29, 1.82) is 0 Å². The van der Waals surface area contributed by atoms with E-state index in [4.69, 9.17) is 4.74 Å². The molecule has 0 unspecified atom stereocenters. The molecular weight excluding hydrogens is 368 g/mol. The summed E-state index contributed by atoms with van der Waals surface area (Å²) in [6, 6.07) is 3.77. The van der Waals surface area contributed by atoms with Gasteiger partial charge in [-0.2, -0.15) is 0 Å². The van der Waals surface area contributed by atoms with Crippen LogP contribution in [0.25, 0.3) is 22.0 Å². The fourth-order valence-electron chi connectivity index (χ4n) is 2.24. The lowest BCUT2D eigenvalue weighted by Crippen LogP contribution is -2.37. The van der Waals surface area contributed by atoms with Gasteiger partial charge in [-0.15, -0.1) is 22.7 Å². The predicted octanol–water partition coefficient (Wildman–Crippen LogP) is 3.20. The molecule has 1 saturated heterocycles. The lowest BCUT2D eigenvalue weighted by atomic mass is 10.3. The van der Waals surface area contributed by atoms with Gasteiger partial charge in [-0.1, -0.05) is 0 Å². The number of rotatable bonds is 4. The second-order valence-corrected chi connectivity index (χ2v) is 7.02. The van der Waals surface area contributed by atoms with Gasteiger partial charge in [0.1, 0.15) is 16.4 Å². The Morgan fingerprint density at radius 1 is 1.15 bits per heavy atom. The molecule has 7 nitrogen and oxygen atoms in total. The average molecular weight is 389 g/mol. The molecule has 0 spiro atoms. The van der Waals surface area contributed by atoms with Gasteiger partial charge < -0.3 is 15.4 Å². The highest BCUT2D eigenvalue weighted by atomic mass is 32.1. The fourth-order valence-corrected chi connectivity index (χ4v) is 3.66. The summed E-state index contributed by atoms with van der Waals surface area (Å²) >= 11 is 3.01. The van der Waals surface area contributed by atoms with Crippen LogP contribution in [-0.4, -0.2) is 48.5 Å². The van der Waals surface area contributed by atoms with Crippen molar-refractivity contribution < 1.29 is 4.74 Å². The summed E-state index contributed by atoms with van der Waals surface area (Å²) in [5.74, 6) is 0.575. The Bertz CT molecular complexity index is 832. The molecule has 9 heteroatoms. The Hall–Kier alpha value is -2.20. The minimum Gasteiger partial charge on any atom is -0.481 e. The summed E-state index contributed by atoms with van der Waals surface area (Å²) in [6.07, 6.45) is 2.98. The SMILES string of the molecule is C1CNCNC1.C=Nc1nc(-c2csc(-c3ccnc(OC)c3)n2)cs1. The monoisotopic (exact) mass is 388 g/mol. The van der Waals surface area contributed by atoms with E-state index in [2.05, 4.69) is 37.3 Å². The van der Waals surface area contributed by atoms with E-state index in [0.29, 0.717) is 11.0 Å². The van der Waals surface area contributed by atoms with Crippen LogP contribution in [0.4, 0.5) is 5.13 Å². The van der Waals surface area contributed by atoms with Gasteiger partial charge >= 0.3 is 0 Å². The van der Waals surface area contributed by atoms with Crippen LogP contribution in [-0.2, 0) is 0 Å². The van der Waals surface area contributed by atoms with E-state index in [9.17, 15) is 0 Å². The maximum atomic E-state index is 5.12. The van der Waals surface area contributed by atoms with E-state index >= 15 is 0 Å². The quantitative estimate of drug-likeness (QED) is 0.668. The van der Waals surface area contributed by atoms with Crippen molar-refractivity contribution in [3.63, 3.8) is 0 Å². The molecule has 0 radical (unpaired) electrons. The minimum atomic E-state index is 0.575. The zero-order chi connectivity index (χ0) is 18.2. The van der Waals surface area contributed by atoms with E-state index < -0.39 is 0 Å². The molecule has 0 atom stereocenters. The molecule has 0 bridgehead atoms. The zero-order valence-electron chi connectivity index (χ0n) is 14.4. The van der Waals surface area contributed by atoms with Gasteiger partial charge in [0.25, 0.3) is 0 Å². The Balaban J connectivity index is 0.000000278. The normalized spacial score (nSPS) is 13.6. The smallest absolute Gasteiger partial charge is 0.213 e. The van der Waals surface area contributed by atoms with Crippen LogP contribution in [0.1, 0.15) is 6.42 Å². The van der Waals surface area contributed by atoms with Crippen LogP contribution >= 0.6 is 22.7 Å². The second-order valence-electron chi connectivity index (χ2n) is 5.33. The topological polar surface area (TPSA) is 84.3 Å². The highest BCUT2D eigenvalue weighted by molar-refractivity contribution is 7.14. The third-order valence-electron chi connectivity index (χ3n) is 3.54. The van der Waals surface area contributed by atoms with Crippen LogP contribution in [0.5, 0.6) is 5.88 Å². The molecular formula is C17H20N6OS2. The van der Waals surface area contributed by atoms with E-state index in [1.807, 2.05) is 22.9 Å². The lowest BCUT2D eigenvalue weighted by molar-refractivity contribution is 0.398. The largest absolute Gasteiger partial charge is 0.481 e. The molecule has 4 heterocycles. The van der Waals surface area contributed by atoms with Gasteiger partial charge in [0.05, 0.1) is 7.11 Å². The van der Waals surface area contributed by atoms with Crippen molar-refractivity contribution in [2.24, 2.45) is 4.99 Å². The standard InChI is InChI=1S/C13H10N4OS2.C4H10N2/c1-14-13-17-10(7-20-13)9-6-19-12(16-9)8-3-4-15-11(5-8)18-2;1-2-5-4-6-3-1/h3-7H,1H2,2H3;5-6H,1-4H2. The summed E-state index contributed by atoms with van der Waals surface area (Å²) in [5.41, 5.74) is 2.64. The average Bonchev–Trinajstić information content (AvgIpc) is 3.39. The number of hydrogen-bond donors (Lipinski definition) is 2. The lowest BCUT2D eigenvalue weighted by Gasteiger charge is -2.11. The maximum absolute atomic E-state index is 5.12. The highest BCUT2D eigenvalue weighted by Gasteiger charge is 2.10. The first-order valence-electron chi connectivity index (χ1n) is 8.10. The number of aliphatic imine (C=N–C) groups is 1. The van der Waals surface area contributed by atoms with Crippen molar-refractivity contribution in [2.45, 2.75) is 6.42 Å². The number of nitrogens with zero attached hydrogens (tertiary/aromatic N) is 4. The summed E-state index contributed by atoms with van der Waals surface area (Å²) < 4.78 is 5.12. The zero-order valence-corrected chi connectivity index (χ0v) is 16.1. The van der Waals surface area contributed by atoms with Gasteiger partial charge in [0.2, 0.25) is 11.0 Å². The fraction of sp³-hybridized carbons (Fsp3) is 0.294. The van der Waals surface area contributed by atoms with E-state index in [1.54, 1.807) is 24.6 Å². The first-order chi connectivity index (χ1) is 12.8. The number of nitrogens with one attached hydrogen (secondary N) is 2. The molecule has 1 fully saturated rings. The number of methoxy groups -OCH3 is 1. The van der Waals surface area contributed by atoms with Gasteiger partial charge in [0, 0.05) is 35.3 Å². The highest BCUT2D eigenvalue weighted by Crippen LogP contribution is 2.31. The molecule has 0 saturated carbocycles. The number of hydrogen-bond acceptors (Lipinski definition) is 9. The van der Waals surface area contributed by atoms with E-state index in [0.717, 1.165) is 28.6 Å². The molecule has 2 N–H and O–H groups in total. The van der Waals surface area contributed by atoms with Crippen molar-refractivity contribution in [3.8, 4) is 27.8 Å². The van der Waals surface area contributed by atoms with Crippen molar-refractivity contribution in [1.82, 2.24) is 25.6 Å². The number of thiazole rings is 2. The van der Waals surface area contributed by atoms with Crippen LogP contribution in [0.2, 0.25) is 0 Å². The molecule has 4 rings (SSSR count). The molecule has 1 aliphatic heterocycles. The van der Waals surface area contributed by atoms with Gasteiger partial charge in [-0.05, 0) is 32.3 Å². The van der Waals surface area contributed by atoms with Crippen LogP contribution in [0, 0.1) is 0 Å². The molecule has 0 aromatic carbocycles. The van der Waals surface area contributed by atoms with Crippen LogP contribution in [0.15, 0.2) is 34.1 Å². The Morgan fingerprint density at radius 3 is 2.54 bits per heavy atom.